The second-order valence-electron chi connectivity index (χ2n) is 8.02. The molecule has 5 rings (SSSR count). The van der Waals surface area contributed by atoms with Crippen LogP contribution in [0.1, 0.15) is 22.3 Å². The van der Waals surface area contributed by atoms with E-state index in [-0.39, 0.29) is 5.91 Å². The van der Waals surface area contributed by atoms with Crippen LogP contribution in [-0.4, -0.2) is 14.8 Å². The van der Waals surface area contributed by atoms with Gasteiger partial charge in [0.25, 0.3) is 5.91 Å². The number of carbonyl (C=O) groups is 1. The molecule has 5 heteroatoms. The lowest BCUT2D eigenvalue weighted by atomic mass is 10.1. The van der Waals surface area contributed by atoms with Gasteiger partial charge in [-0.05, 0) is 43.2 Å². The molecule has 0 spiro atoms. The van der Waals surface area contributed by atoms with Crippen LogP contribution in [0.2, 0.25) is 0 Å². The SMILES string of the molecule is Cc1ccc(Cn2cc(/C=C3\SC(=S)N(c4ccccc4C)C3=O)c3ccccc32)cc1. The zero-order chi connectivity index (χ0) is 22.2. The number of rotatable bonds is 4. The molecule has 1 aliphatic heterocycles. The average molecular weight is 455 g/mol. The van der Waals surface area contributed by atoms with Crippen LogP contribution in [0, 0.1) is 13.8 Å². The highest BCUT2D eigenvalue weighted by atomic mass is 32.2. The molecular formula is C27H22N2OS2. The van der Waals surface area contributed by atoms with Crippen LogP contribution in [0.3, 0.4) is 0 Å². The molecule has 3 nitrogen and oxygen atoms in total. The zero-order valence-electron chi connectivity index (χ0n) is 17.9. The van der Waals surface area contributed by atoms with Gasteiger partial charge in [-0.3, -0.25) is 9.69 Å². The Hall–Kier alpha value is -3.15. The maximum atomic E-state index is 13.3. The van der Waals surface area contributed by atoms with Crippen LogP contribution >= 0.6 is 24.0 Å². The molecule has 1 fully saturated rings. The highest BCUT2D eigenvalue weighted by molar-refractivity contribution is 8.27. The van der Waals surface area contributed by atoms with Gasteiger partial charge in [0.2, 0.25) is 0 Å². The molecule has 1 aliphatic rings. The van der Waals surface area contributed by atoms with Crippen molar-refractivity contribution in [2.24, 2.45) is 0 Å². The minimum Gasteiger partial charge on any atom is -0.342 e. The molecule has 3 aromatic carbocycles. The number of aromatic nitrogens is 1. The van der Waals surface area contributed by atoms with Crippen molar-refractivity contribution in [3.8, 4) is 0 Å². The van der Waals surface area contributed by atoms with Gasteiger partial charge in [0.1, 0.15) is 0 Å². The van der Waals surface area contributed by atoms with E-state index in [4.69, 9.17) is 12.2 Å². The second kappa shape index (κ2) is 8.41. The van der Waals surface area contributed by atoms with Gasteiger partial charge in [0.15, 0.2) is 4.32 Å². The van der Waals surface area contributed by atoms with Crippen molar-refractivity contribution in [3.05, 3.63) is 106 Å². The van der Waals surface area contributed by atoms with E-state index in [1.54, 1.807) is 4.90 Å². The molecule has 1 amide bonds. The van der Waals surface area contributed by atoms with Gasteiger partial charge in [0.05, 0.1) is 10.6 Å². The first-order valence-corrected chi connectivity index (χ1v) is 11.7. The molecule has 1 saturated heterocycles. The zero-order valence-corrected chi connectivity index (χ0v) is 19.5. The maximum Gasteiger partial charge on any atom is 0.270 e. The molecule has 0 unspecified atom stereocenters. The molecule has 1 aromatic heterocycles. The minimum absolute atomic E-state index is 0.0651. The van der Waals surface area contributed by atoms with Crippen LogP contribution < -0.4 is 4.90 Å². The molecule has 0 saturated carbocycles. The third kappa shape index (κ3) is 3.78. The Labute approximate surface area is 197 Å². The van der Waals surface area contributed by atoms with Crippen molar-refractivity contribution in [3.63, 3.8) is 0 Å². The van der Waals surface area contributed by atoms with Crippen molar-refractivity contribution >= 4 is 56.9 Å². The van der Waals surface area contributed by atoms with Gasteiger partial charge in [-0.25, -0.2) is 0 Å². The first kappa shape index (κ1) is 20.7. The topological polar surface area (TPSA) is 25.2 Å². The van der Waals surface area contributed by atoms with E-state index in [9.17, 15) is 4.79 Å². The fraction of sp³-hybridized carbons (Fsp3) is 0.111. The monoisotopic (exact) mass is 454 g/mol. The predicted octanol–water partition coefficient (Wildman–Crippen LogP) is 6.71. The summed E-state index contributed by atoms with van der Waals surface area (Å²) in [5.74, 6) is -0.0651. The Kier molecular flexibility index (Phi) is 5.45. The molecule has 0 bridgehead atoms. The quantitative estimate of drug-likeness (QED) is 0.253. The number of benzene rings is 3. The van der Waals surface area contributed by atoms with E-state index in [2.05, 4.69) is 60.2 Å². The summed E-state index contributed by atoms with van der Waals surface area (Å²) in [5.41, 5.74) is 6.54. The molecule has 158 valence electrons. The third-order valence-corrected chi connectivity index (χ3v) is 7.03. The normalized spacial score (nSPS) is 15.3. The van der Waals surface area contributed by atoms with Gasteiger partial charge in [-0.2, -0.15) is 0 Å². The number of hydrogen-bond donors (Lipinski definition) is 0. The van der Waals surface area contributed by atoms with E-state index in [0.29, 0.717) is 9.23 Å². The van der Waals surface area contributed by atoms with Crippen molar-refractivity contribution in [1.82, 2.24) is 4.57 Å². The molecule has 0 atom stereocenters. The van der Waals surface area contributed by atoms with Gasteiger partial charge in [-0.1, -0.05) is 90.2 Å². The fourth-order valence-electron chi connectivity index (χ4n) is 4.04. The van der Waals surface area contributed by atoms with Gasteiger partial charge >= 0.3 is 0 Å². The number of anilines is 1. The number of thioether (sulfide) groups is 1. The lowest BCUT2D eigenvalue weighted by Crippen LogP contribution is -2.28. The van der Waals surface area contributed by atoms with Gasteiger partial charge in [0, 0.05) is 29.2 Å². The Balaban J connectivity index is 1.53. The number of nitrogens with zero attached hydrogens (tertiary/aromatic N) is 2. The van der Waals surface area contributed by atoms with Crippen molar-refractivity contribution < 1.29 is 4.79 Å². The second-order valence-corrected chi connectivity index (χ2v) is 9.69. The van der Waals surface area contributed by atoms with E-state index in [1.807, 2.05) is 43.3 Å². The molecule has 2 heterocycles. The number of amides is 1. The van der Waals surface area contributed by atoms with Gasteiger partial charge < -0.3 is 4.57 Å². The summed E-state index contributed by atoms with van der Waals surface area (Å²) in [4.78, 5) is 15.6. The van der Waals surface area contributed by atoms with Crippen LogP contribution in [0.4, 0.5) is 5.69 Å². The maximum absolute atomic E-state index is 13.3. The summed E-state index contributed by atoms with van der Waals surface area (Å²) in [7, 11) is 0. The third-order valence-electron chi connectivity index (χ3n) is 5.73. The lowest BCUT2D eigenvalue weighted by molar-refractivity contribution is -0.113. The van der Waals surface area contributed by atoms with Crippen LogP contribution in [-0.2, 0) is 11.3 Å². The van der Waals surface area contributed by atoms with Crippen LogP contribution in [0.5, 0.6) is 0 Å². The summed E-state index contributed by atoms with van der Waals surface area (Å²) >= 11 is 6.94. The summed E-state index contributed by atoms with van der Waals surface area (Å²) in [5, 5.41) is 1.13. The fourth-order valence-corrected chi connectivity index (χ4v) is 5.32. The predicted molar refractivity (Wildman–Crippen MR) is 139 cm³/mol. The molecule has 4 aromatic rings. The molecular weight excluding hydrogens is 432 g/mol. The van der Waals surface area contributed by atoms with Crippen LogP contribution in [0.25, 0.3) is 17.0 Å². The number of aryl methyl sites for hydroxylation is 2. The van der Waals surface area contributed by atoms with Crippen molar-refractivity contribution in [2.75, 3.05) is 4.90 Å². The molecule has 32 heavy (non-hydrogen) atoms. The first-order chi connectivity index (χ1) is 15.5. The number of fused-ring (bicyclic) bond motifs is 1. The van der Waals surface area contributed by atoms with Gasteiger partial charge in [-0.15, -0.1) is 0 Å². The van der Waals surface area contributed by atoms with E-state index >= 15 is 0 Å². The summed E-state index contributed by atoms with van der Waals surface area (Å²) in [6, 6.07) is 24.8. The number of hydrogen-bond acceptors (Lipinski definition) is 3. The molecule has 0 radical (unpaired) electrons. The average Bonchev–Trinajstić information content (AvgIpc) is 3.27. The summed E-state index contributed by atoms with van der Waals surface area (Å²) in [6.07, 6.45) is 4.11. The van der Waals surface area contributed by atoms with Crippen LogP contribution in [0.15, 0.2) is 83.9 Å². The van der Waals surface area contributed by atoms with E-state index in [0.717, 1.165) is 34.3 Å². The Morgan fingerprint density at radius 1 is 0.938 bits per heavy atom. The summed E-state index contributed by atoms with van der Waals surface area (Å²) in [6.45, 7) is 4.87. The summed E-state index contributed by atoms with van der Waals surface area (Å²) < 4.78 is 2.81. The Morgan fingerprint density at radius 3 is 2.44 bits per heavy atom. The van der Waals surface area contributed by atoms with E-state index < -0.39 is 0 Å². The Bertz CT molecular complexity index is 1380. The van der Waals surface area contributed by atoms with Crippen molar-refractivity contribution in [1.29, 1.82) is 0 Å². The number of para-hydroxylation sites is 2. The molecule has 0 aliphatic carbocycles. The highest BCUT2D eigenvalue weighted by Crippen LogP contribution is 2.38. The minimum atomic E-state index is -0.0651. The smallest absolute Gasteiger partial charge is 0.270 e. The first-order valence-electron chi connectivity index (χ1n) is 10.5. The number of carbonyl (C=O) groups excluding carboxylic acids is 1. The standard InChI is InChI=1S/C27H22N2OS2/c1-18-11-13-20(14-12-18)16-28-17-21(22-8-4-6-10-24(22)28)15-25-26(30)29(27(31)32-25)23-9-5-3-7-19(23)2/h3-15,17H,16H2,1-2H3/b25-15-. The van der Waals surface area contributed by atoms with E-state index in [1.165, 1.54) is 22.9 Å². The number of thiocarbonyl (C=S) groups is 1. The molecule has 0 N–H and O–H groups in total. The largest absolute Gasteiger partial charge is 0.342 e. The Morgan fingerprint density at radius 2 is 1.66 bits per heavy atom. The highest BCUT2D eigenvalue weighted by Gasteiger charge is 2.34. The lowest BCUT2D eigenvalue weighted by Gasteiger charge is -2.16. The van der Waals surface area contributed by atoms with Crippen molar-refractivity contribution in [2.45, 2.75) is 20.4 Å².